The van der Waals surface area contributed by atoms with E-state index < -0.39 is 5.97 Å². The average molecular weight is 387 g/mol. The van der Waals surface area contributed by atoms with Gasteiger partial charge in [-0.05, 0) is 37.1 Å². The number of anilines is 1. The van der Waals surface area contributed by atoms with Gasteiger partial charge in [-0.3, -0.25) is 9.59 Å². The summed E-state index contributed by atoms with van der Waals surface area (Å²) in [5.74, 6) is -0.990. The molecule has 8 heteroatoms. The van der Waals surface area contributed by atoms with Crippen molar-refractivity contribution < 1.29 is 23.9 Å². The summed E-state index contributed by atoms with van der Waals surface area (Å²) in [5, 5.41) is 5.51. The summed E-state index contributed by atoms with van der Waals surface area (Å²) in [7, 11) is 1.52. The second-order valence-corrected chi connectivity index (χ2v) is 6.32. The Morgan fingerprint density at radius 3 is 2.57 bits per heavy atom. The molecule has 0 atom stereocenters. The van der Waals surface area contributed by atoms with E-state index in [1.165, 1.54) is 14.0 Å². The number of hydrogen-bond donors (Lipinski definition) is 3. The molecule has 3 N–H and O–H groups in total. The maximum absolute atomic E-state index is 12.6. The Labute approximate surface area is 163 Å². The summed E-state index contributed by atoms with van der Waals surface area (Å²) in [6.45, 7) is 5.57. The van der Waals surface area contributed by atoms with Crippen molar-refractivity contribution in [2.45, 2.75) is 27.3 Å². The zero-order valence-electron chi connectivity index (χ0n) is 16.5. The number of hydrogen-bond acceptors (Lipinski definition) is 5. The highest BCUT2D eigenvalue weighted by molar-refractivity contribution is 6.00. The third kappa shape index (κ3) is 5.43. The van der Waals surface area contributed by atoms with Crippen molar-refractivity contribution in [1.29, 1.82) is 0 Å². The van der Waals surface area contributed by atoms with E-state index >= 15 is 0 Å². The van der Waals surface area contributed by atoms with Gasteiger partial charge in [-0.25, -0.2) is 4.79 Å². The molecule has 8 nitrogen and oxygen atoms in total. The van der Waals surface area contributed by atoms with E-state index in [0.29, 0.717) is 34.8 Å². The highest BCUT2D eigenvalue weighted by Gasteiger charge is 2.22. The summed E-state index contributed by atoms with van der Waals surface area (Å²) >= 11 is 0. The molecule has 1 aromatic heterocycles. The van der Waals surface area contributed by atoms with E-state index in [1.807, 2.05) is 6.07 Å². The lowest BCUT2D eigenvalue weighted by atomic mass is 10.1. The average Bonchev–Trinajstić information content (AvgIpc) is 2.94. The minimum Gasteiger partial charge on any atom is -0.460 e. The van der Waals surface area contributed by atoms with Crippen LogP contribution in [0.1, 0.15) is 44.6 Å². The molecule has 0 aliphatic carbocycles. The maximum Gasteiger partial charge on any atom is 0.340 e. The molecule has 0 saturated heterocycles. The number of H-pyrrole nitrogens is 1. The van der Waals surface area contributed by atoms with Gasteiger partial charge in [0.15, 0.2) is 0 Å². The van der Waals surface area contributed by atoms with Crippen molar-refractivity contribution in [3.05, 3.63) is 52.3 Å². The number of rotatable bonds is 8. The number of aromatic nitrogens is 1. The second kappa shape index (κ2) is 9.70. The van der Waals surface area contributed by atoms with E-state index in [2.05, 4.69) is 15.6 Å². The van der Waals surface area contributed by atoms with Crippen LogP contribution in [0.4, 0.5) is 5.69 Å². The third-order valence-electron chi connectivity index (χ3n) is 4.09. The predicted octanol–water partition coefficient (Wildman–Crippen LogP) is 2.32. The van der Waals surface area contributed by atoms with Crippen LogP contribution >= 0.6 is 0 Å². The Bertz CT molecular complexity index is 873. The lowest BCUT2D eigenvalue weighted by molar-refractivity contribution is -0.114. The van der Waals surface area contributed by atoms with E-state index in [0.717, 1.165) is 5.56 Å². The van der Waals surface area contributed by atoms with Gasteiger partial charge >= 0.3 is 5.97 Å². The molecule has 0 radical (unpaired) electrons. The smallest absolute Gasteiger partial charge is 0.340 e. The van der Waals surface area contributed by atoms with Crippen molar-refractivity contribution in [3.63, 3.8) is 0 Å². The molecule has 2 amide bonds. The van der Waals surface area contributed by atoms with Crippen molar-refractivity contribution in [2.75, 3.05) is 25.6 Å². The van der Waals surface area contributed by atoms with Crippen molar-refractivity contribution in [3.8, 4) is 0 Å². The molecule has 2 aromatic rings. The van der Waals surface area contributed by atoms with Crippen molar-refractivity contribution in [1.82, 2.24) is 10.3 Å². The highest BCUT2D eigenvalue weighted by atomic mass is 16.6. The summed E-state index contributed by atoms with van der Waals surface area (Å²) in [6.07, 6.45) is 0. The van der Waals surface area contributed by atoms with Crippen LogP contribution in [-0.4, -0.2) is 43.1 Å². The first-order valence-electron chi connectivity index (χ1n) is 8.83. The number of methoxy groups -OCH3 is 1. The maximum atomic E-state index is 12.6. The van der Waals surface area contributed by atoms with Crippen LogP contribution in [0.15, 0.2) is 24.3 Å². The topological polar surface area (TPSA) is 110 Å². The molecule has 0 unspecified atom stereocenters. The molecule has 0 saturated carbocycles. The Morgan fingerprint density at radius 1 is 1.14 bits per heavy atom. The Kier molecular flexibility index (Phi) is 7.34. The fraction of sp³-hybridized carbons (Fsp3) is 0.350. The molecule has 0 aliphatic rings. The van der Waals surface area contributed by atoms with Crippen LogP contribution in [-0.2, 0) is 20.8 Å². The molecule has 0 spiro atoms. The van der Waals surface area contributed by atoms with Crippen LogP contribution < -0.4 is 10.6 Å². The molecule has 0 aliphatic heterocycles. The van der Waals surface area contributed by atoms with Crippen LogP contribution in [0.2, 0.25) is 0 Å². The highest BCUT2D eigenvalue weighted by Crippen LogP contribution is 2.19. The van der Waals surface area contributed by atoms with E-state index in [-0.39, 0.29) is 25.0 Å². The van der Waals surface area contributed by atoms with Crippen molar-refractivity contribution in [2.24, 2.45) is 0 Å². The standard InChI is InChI=1S/C20H25N3O5/c1-12-17(20(26)28-9-8-27-4)13(2)22-18(12)19(25)21-11-15-6-5-7-16(10-15)23-14(3)24/h5-7,10,22H,8-9,11H2,1-4H3,(H,21,25)(H,23,24). The largest absolute Gasteiger partial charge is 0.460 e. The van der Waals surface area contributed by atoms with Crippen LogP contribution in [0.25, 0.3) is 0 Å². The summed E-state index contributed by atoms with van der Waals surface area (Å²) in [6, 6.07) is 7.20. The fourth-order valence-electron chi connectivity index (χ4n) is 2.81. The lowest BCUT2D eigenvalue weighted by Gasteiger charge is -2.08. The van der Waals surface area contributed by atoms with E-state index in [1.54, 1.807) is 32.0 Å². The van der Waals surface area contributed by atoms with Gasteiger partial charge in [0.1, 0.15) is 12.3 Å². The molecule has 1 heterocycles. The fourth-order valence-corrected chi connectivity index (χ4v) is 2.81. The molecule has 0 bridgehead atoms. The number of aryl methyl sites for hydroxylation is 1. The van der Waals surface area contributed by atoms with Gasteiger partial charge in [0.2, 0.25) is 5.91 Å². The van der Waals surface area contributed by atoms with Gasteiger partial charge < -0.3 is 25.1 Å². The van der Waals surface area contributed by atoms with Gasteiger partial charge in [-0.15, -0.1) is 0 Å². The lowest BCUT2D eigenvalue weighted by Crippen LogP contribution is -2.24. The Morgan fingerprint density at radius 2 is 1.89 bits per heavy atom. The molecule has 1 aromatic carbocycles. The molecule has 28 heavy (non-hydrogen) atoms. The quantitative estimate of drug-likeness (QED) is 0.476. The normalized spacial score (nSPS) is 10.4. The molecule has 0 fully saturated rings. The predicted molar refractivity (Wildman–Crippen MR) is 104 cm³/mol. The van der Waals surface area contributed by atoms with Gasteiger partial charge in [0.05, 0.1) is 12.2 Å². The summed E-state index contributed by atoms with van der Waals surface area (Å²) in [5.41, 5.74) is 3.26. The zero-order valence-corrected chi connectivity index (χ0v) is 16.5. The van der Waals surface area contributed by atoms with Gasteiger partial charge in [-0.2, -0.15) is 0 Å². The van der Waals surface area contributed by atoms with Crippen LogP contribution in [0, 0.1) is 13.8 Å². The zero-order chi connectivity index (χ0) is 20.7. The monoisotopic (exact) mass is 387 g/mol. The third-order valence-corrected chi connectivity index (χ3v) is 4.09. The molecule has 150 valence electrons. The number of carbonyl (C=O) groups excluding carboxylic acids is 3. The number of nitrogens with one attached hydrogen (secondary N) is 3. The molecular formula is C20H25N3O5. The number of aromatic amines is 1. The van der Waals surface area contributed by atoms with Crippen LogP contribution in [0.3, 0.4) is 0 Å². The number of ether oxygens (including phenoxy) is 2. The molecular weight excluding hydrogens is 362 g/mol. The van der Waals surface area contributed by atoms with E-state index in [9.17, 15) is 14.4 Å². The first-order valence-corrected chi connectivity index (χ1v) is 8.83. The first kappa shape index (κ1) is 21.2. The number of benzene rings is 1. The minimum atomic E-state index is -0.495. The number of esters is 1. The SMILES string of the molecule is COCCOC(=O)c1c(C)[nH]c(C(=O)NCc2cccc(NC(C)=O)c2)c1C. The summed E-state index contributed by atoms with van der Waals surface area (Å²) < 4.78 is 10.0. The van der Waals surface area contributed by atoms with E-state index in [4.69, 9.17) is 9.47 Å². The Balaban J connectivity index is 2.06. The molecule has 2 rings (SSSR count). The van der Waals surface area contributed by atoms with Gasteiger partial charge in [0, 0.05) is 32.0 Å². The van der Waals surface area contributed by atoms with Gasteiger partial charge in [-0.1, -0.05) is 12.1 Å². The first-order chi connectivity index (χ1) is 13.3. The summed E-state index contributed by atoms with van der Waals surface area (Å²) in [4.78, 5) is 38.9. The number of amides is 2. The Hall–Kier alpha value is -3.13. The minimum absolute atomic E-state index is 0.144. The second-order valence-electron chi connectivity index (χ2n) is 6.32. The van der Waals surface area contributed by atoms with Gasteiger partial charge in [0.25, 0.3) is 5.91 Å². The van der Waals surface area contributed by atoms with Crippen molar-refractivity contribution >= 4 is 23.5 Å². The number of carbonyl (C=O) groups is 3. The van der Waals surface area contributed by atoms with Crippen LogP contribution in [0.5, 0.6) is 0 Å².